The van der Waals surface area contributed by atoms with Gasteiger partial charge in [-0.15, -0.1) is 11.8 Å². The van der Waals surface area contributed by atoms with Gasteiger partial charge in [-0.1, -0.05) is 31.7 Å². The van der Waals surface area contributed by atoms with Gasteiger partial charge in [-0.05, 0) is 75.8 Å². The van der Waals surface area contributed by atoms with Gasteiger partial charge in [0.05, 0.1) is 10.5 Å². The van der Waals surface area contributed by atoms with Crippen LogP contribution in [0.2, 0.25) is 0 Å². The topological polar surface area (TPSA) is 77.2 Å². The fourth-order valence-electron chi connectivity index (χ4n) is 3.71. The molecule has 0 saturated heterocycles. The fraction of sp³-hybridized carbons (Fsp3) is 0.682. The number of carbonyl (C=O) groups excluding carboxylic acids is 1. The number of nitrogens with two attached hydrogens (primary N) is 1. The maximum absolute atomic E-state index is 12.4. The monoisotopic (exact) mass is 425 g/mol. The second-order valence-corrected chi connectivity index (χ2v) is 13.0. The molecule has 1 fully saturated rings. The highest BCUT2D eigenvalue weighted by Gasteiger charge is 2.33. The van der Waals surface area contributed by atoms with Crippen molar-refractivity contribution in [1.29, 1.82) is 0 Å². The zero-order valence-electron chi connectivity index (χ0n) is 17.4. The summed E-state index contributed by atoms with van der Waals surface area (Å²) in [6.45, 7) is 5.41. The molecule has 158 valence electrons. The van der Waals surface area contributed by atoms with Crippen molar-refractivity contribution in [3.63, 3.8) is 0 Å². The molecule has 1 aromatic rings. The number of carbonyl (C=O) groups is 1. The summed E-state index contributed by atoms with van der Waals surface area (Å²) in [4.78, 5) is 12.3. The maximum atomic E-state index is 12.4. The lowest BCUT2D eigenvalue weighted by molar-refractivity contribution is 0.1000. The molecular weight excluding hydrogens is 390 g/mol. The summed E-state index contributed by atoms with van der Waals surface area (Å²) < 4.78 is 24.1. The van der Waals surface area contributed by atoms with Crippen molar-refractivity contribution in [3.8, 4) is 0 Å². The Labute approximate surface area is 175 Å². The molecule has 1 amide bonds. The Morgan fingerprint density at radius 1 is 1.11 bits per heavy atom. The molecule has 0 atom stereocenters. The molecular formula is C22H35NO3S2. The SMILES string of the molecule is CC(C)(C)S(=O)(=O)CC1CCC(CCCCSc2cccc(C(N)=O)c2)CC1. The second kappa shape index (κ2) is 10.1. The van der Waals surface area contributed by atoms with Crippen LogP contribution in [0.3, 0.4) is 0 Å². The number of amides is 1. The molecule has 0 aliphatic heterocycles. The predicted octanol–water partition coefficient (Wildman–Crippen LogP) is 5.07. The van der Waals surface area contributed by atoms with E-state index in [0.717, 1.165) is 48.7 Å². The average molecular weight is 426 g/mol. The van der Waals surface area contributed by atoms with Crippen molar-refractivity contribution in [1.82, 2.24) is 0 Å². The lowest BCUT2D eigenvalue weighted by Gasteiger charge is -2.30. The molecule has 1 aliphatic rings. The zero-order valence-corrected chi connectivity index (χ0v) is 19.1. The summed E-state index contributed by atoms with van der Waals surface area (Å²) in [5.41, 5.74) is 5.89. The number of primary amides is 1. The molecule has 0 aromatic heterocycles. The minimum Gasteiger partial charge on any atom is -0.366 e. The van der Waals surface area contributed by atoms with E-state index in [0.29, 0.717) is 17.2 Å². The van der Waals surface area contributed by atoms with Gasteiger partial charge in [-0.2, -0.15) is 0 Å². The molecule has 1 aromatic carbocycles. The van der Waals surface area contributed by atoms with E-state index in [1.165, 1.54) is 12.8 Å². The summed E-state index contributed by atoms with van der Waals surface area (Å²) in [5.74, 6) is 2.10. The summed E-state index contributed by atoms with van der Waals surface area (Å²) in [6, 6.07) is 7.50. The lowest BCUT2D eigenvalue weighted by Crippen LogP contribution is -2.34. The highest BCUT2D eigenvalue weighted by Crippen LogP contribution is 2.34. The number of unbranched alkanes of at least 4 members (excludes halogenated alkanes) is 1. The minimum atomic E-state index is -3.01. The van der Waals surface area contributed by atoms with Crippen LogP contribution in [0.5, 0.6) is 0 Å². The smallest absolute Gasteiger partial charge is 0.248 e. The lowest BCUT2D eigenvalue weighted by atomic mass is 9.80. The molecule has 1 aliphatic carbocycles. The largest absolute Gasteiger partial charge is 0.366 e. The second-order valence-electron chi connectivity index (χ2n) is 9.02. The fourth-order valence-corrected chi connectivity index (χ4v) is 6.13. The van der Waals surface area contributed by atoms with E-state index in [4.69, 9.17) is 5.73 Å². The molecule has 0 bridgehead atoms. The molecule has 1 saturated carbocycles. The molecule has 4 nitrogen and oxygen atoms in total. The van der Waals surface area contributed by atoms with Crippen molar-refractivity contribution < 1.29 is 13.2 Å². The molecule has 0 spiro atoms. The van der Waals surface area contributed by atoms with Gasteiger partial charge >= 0.3 is 0 Å². The van der Waals surface area contributed by atoms with Crippen LogP contribution in [0.25, 0.3) is 0 Å². The first-order chi connectivity index (χ1) is 13.1. The van der Waals surface area contributed by atoms with E-state index in [-0.39, 0.29) is 5.91 Å². The zero-order chi connectivity index (χ0) is 20.8. The van der Waals surface area contributed by atoms with E-state index >= 15 is 0 Å². The summed E-state index contributed by atoms with van der Waals surface area (Å²) >= 11 is 1.77. The molecule has 0 unspecified atom stereocenters. The van der Waals surface area contributed by atoms with E-state index in [1.54, 1.807) is 38.6 Å². The number of benzene rings is 1. The van der Waals surface area contributed by atoms with Crippen molar-refractivity contribution in [2.45, 2.75) is 75.4 Å². The van der Waals surface area contributed by atoms with E-state index in [2.05, 4.69) is 0 Å². The first-order valence-electron chi connectivity index (χ1n) is 10.3. The number of hydrogen-bond acceptors (Lipinski definition) is 4. The van der Waals surface area contributed by atoms with Crippen LogP contribution >= 0.6 is 11.8 Å². The number of rotatable bonds is 9. The standard InChI is InChI=1S/C22H35NO3S2/c1-22(2,3)28(25,26)16-18-12-10-17(11-13-18)7-4-5-14-27-20-9-6-8-19(15-20)21(23)24/h6,8-9,15,17-18H,4-5,7,10-14,16H2,1-3H3,(H2,23,24). The van der Waals surface area contributed by atoms with Gasteiger partial charge in [0.2, 0.25) is 5.91 Å². The Bertz CT molecular complexity index is 745. The predicted molar refractivity (Wildman–Crippen MR) is 119 cm³/mol. The molecule has 28 heavy (non-hydrogen) atoms. The van der Waals surface area contributed by atoms with E-state index < -0.39 is 14.6 Å². The van der Waals surface area contributed by atoms with Gasteiger partial charge < -0.3 is 5.73 Å². The normalized spacial score (nSPS) is 20.8. The van der Waals surface area contributed by atoms with Gasteiger partial charge in [0.15, 0.2) is 9.84 Å². The third-order valence-electron chi connectivity index (χ3n) is 5.75. The van der Waals surface area contributed by atoms with E-state index in [9.17, 15) is 13.2 Å². The van der Waals surface area contributed by atoms with Gasteiger partial charge in [0, 0.05) is 10.5 Å². The first-order valence-corrected chi connectivity index (χ1v) is 13.0. The van der Waals surface area contributed by atoms with Gasteiger partial charge in [-0.25, -0.2) is 8.42 Å². The Kier molecular flexibility index (Phi) is 8.44. The maximum Gasteiger partial charge on any atom is 0.248 e. The van der Waals surface area contributed by atoms with Crippen molar-refractivity contribution in [3.05, 3.63) is 29.8 Å². The van der Waals surface area contributed by atoms with Crippen LogP contribution in [-0.2, 0) is 9.84 Å². The highest BCUT2D eigenvalue weighted by atomic mass is 32.2. The Morgan fingerprint density at radius 2 is 1.75 bits per heavy atom. The third kappa shape index (κ3) is 7.11. The molecule has 0 radical (unpaired) electrons. The summed E-state index contributed by atoms with van der Waals surface area (Å²) in [6.07, 6.45) is 8.03. The van der Waals surface area contributed by atoms with Crippen LogP contribution in [0.1, 0.15) is 76.1 Å². The highest BCUT2D eigenvalue weighted by molar-refractivity contribution is 7.99. The van der Waals surface area contributed by atoms with Crippen molar-refractivity contribution >= 4 is 27.5 Å². The van der Waals surface area contributed by atoms with Crippen molar-refractivity contribution in [2.24, 2.45) is 17.6 Å². The van der Waals surface area contributed by atoms with Crippen LogP contribution in [0, 0.1) is 11.8 Å². The first kappa shape index (κ1) is 23.3. The number of hydrogen-bond donors (Lipinski definition) is 1. The third-order valence-corrected chi connectivity index (χ3v) is 9.60. The van der Waals surface area contributed by atoms with Crippen LogP contribution in [0.15, 0.2) is 29.2 Å². The molecule has 2 rings (SSSR count). The Morgan fingerprint density at radius 3 is 2.36 bits per heavy atom. The van der Waals surface area contributed by atoms with Crippen molar-refractivity contribution in [2.75, 3.05) is 11.5 Å². The summed E-state index contributed by atoms with van der Waals surface area (Å²) in [5, 5.41) is 0. The van der Waals surface area contributed by atoms with Crippen LogP contribution < -0.4 is 5.73 Å². The van der Waals surface area contributed by atoms with Crippen LogP contribution in [-0.4, -0.2) is 30.6 Å². The van der Waals surface area contributed by atoms with Gasteiger partial charge in [0.25, 0.3) is 0 Å². The number of sulfone groups is 1. The quantitative estimate of drug-likeness (QED) is 0.443. The molecule has 0 heterocycles. The van der Waals surface area contributed by atoms with Gasteiger partial charge in [-0.3, -0.25) is 4.79 Å². The van der Waals surface area contributed by atoms with Gasteiger partial charge in [0.1, 0.15) is 0 Å². The average Bonchev–Trinajstić information content (AvgIpc) is 2.62. The Hall–Kier alpha value is -1.01. The summed E-state index contributed by atoms with van der Waals surface area (Å²) in [7, 11) is -3.01. The minimum absolute atomic E-state index is 0.341. The Balaban J connectivity index is 1.63. The van der Waals surface area contributed by atoms with Crippen LogP contribution in [0.4, 0.5) is 0 Å². The molecule has 2 N–H and O–H groups in total. The number of thioether (sulfide) groups is 1. The van der Waals surface area contributed by atoms with E-state index in [1.807, 2.05) is 18.2 Å². The molecule has 6 heteroatoms.